The van der Waals surface area contributed by atoms with Crippen molar-refractivity contribution in [1.82, 2.24) is 9.88 Å². The summed E-state index contributed by atoms with van der Waals surface area (Å²) in [7, 11) is 0. The van der Waals surface area contributed by atoms with Gasteiger partial charge in [0.1, 0.15) is 5.78 Å². The van der Waals surface area contributed by atoms with Crippen molar-refractivity contribution < 1.29 is 24.2 Å². The summed E-state index contributed by atoms with van der Waals surface area (Å²) in [6, 6.07) is 15.5. The summed E-state index contributed by atoms with van der Waals surface area (Å²) in [5, 5.41) is 12.6. The van der Waals surface area contributed by atoms with E-state index < -0.39 is 29.4 Å². The van der Waals surface area contributed by atoms with E-state index in [9.17, 15) is 19.5 Å². The number of aromatic nitrogens is 1. The molecule has 0 spiro atoms. The van der Waals surface area contributed by atoms with Gasteiger partial charge in [0.2, 0.25) is 5.91 Å². The number of allylic oxidation sites excluding steroid dienone is 2. The van der Waals surface area contributed by atoms with Crippen LogP contribution in [0.25, 0.3) is 16.5 Å². The average Bonchev–Trinajstić information content (AvgIpc) is 3.69. The number of hydrogen-bond donors (Lipinski definition) is 3. The highest BCUT2D eigenvalue weighted by Gasteiger charge is 2.70. The summed E-state index contributed by atoms with van der Waals surface area (Å²) < 4.78 is 5.67. The molecular weight excluding hydrogens is 542 g/mol. The summed E-state index contributed by atoms with van der Waals surface area (Å²) in [6.45, 7) is 3.77. The third-order valence-electron chi connectivity index (χ3n) is 10.4. The summed E-state index contributed by atoms with van der Waals surface area (Å²) >= 11 is 0. The number of carbonyl (C=O) groups is 3. The van der Waals surface area contributed by atoms with Crippen LogP contribution in [0.4, 0.5) is 0 Å². The number of nitrogens with two attached hydrogens (primary N) is 1. The second kappa shape index (κ2) is 10.3. The molecule has 0 saturated carbocycles. The molecule has 4 N–H and O–H groups in total. The van der Waals surface area contributed by atoms with Gasteiger partial charge in [-0.25, -0.2) is 0 Å². The lowest BCUT2D eigenvalue weighted by Crippen LogP contribution is -2.64. The first-order valence-corrected chi connectivity index (χ1v) is 15.5. The van der Waals surface area contributed by atoms with Gasteiger partial charge in [-0.1, -0.05) is 48.5 Å². The van der Waals surface area contributed by atoms with Gasteiger partial charge in [-0.3, -0.25) is 20.1 Å². The van der Waals surface area contributed by atoms with Crippen LogP contribution in [0, 0.1) is 23.7 Å². The Balaban J connectivity index is 0.000000143. The molecule has 0 bridgehead atoms. The Labute approximate surface area is 251 Å². The van der Waals surface area contributed by atoms with Gasteiger partial charge in [-0.05, 0) is 86.6 Å². The normalized spacial score (nSPS) is 34.2. The van der Waals surface area contributed by atoms with Crippen molar-refractivity contribution in [2.24, 2.45) is 29.4 Å². The molecule has 4 heterocycles. The van der Waals surface area contributed by atoms with E-state index in [2.05, 4.69) is 35.5 Å². The van der Waals surface area contributed by atoms with Crippen molar-refractivity contribution in [3.05, 3.63) is 77.5 Å². The van der Waals surface area contributed by atoms with Crippen LogP contribution in [0.5, 0.6) is 0 Å². The zero-order chi connectivity index (χ0) is 30.1. The molecule has 2 aromatic carbocycles. The molecule has 3 aromatic rings. The second-order valence-electron chi connectivity index (χ2n) is 13.1. The highest BCUT2D eigenvalue weighted by Crippen LogP contribution is 2.51. The van der Waals surface area contributed by atoms with E-state index in [4.69, 9.17) is 10.5 Å². The number of rotatable bonds is 3. The molecule has 3 fully saturated rings. The van der Waals surface area contributed by atoms with E-state index in [0.717, 1.165) is 31.2 Å². The predicted molar refractivity (Wildman–Crippen MR) is 162 cm³/mol. The first-order chi connectivity index (χ1) is 20.6. The number of aromatic amines is 1. The number of fused-ring (bicyclic) bond motifs is 5. The Kier molecular flexibility index (Phi) is 6.72. The van der Waals surface area contributed by atoms with E-state index in [0.29, 0.717) is 31.1 Å². The standard InChI is InChI=1S/C18H22N2O4.C17H17NO/c1-17(19)15(21)14-12(10-11-6-3-2-4-7-11)16(22)20-9-5-8-13(20)18(14,23)24-17;1-10(19)11-5-6-12-7-13-9-18-16-4-2-3-14(17(13)16)15(12)8-11/h2-4,6-7,12-14,23H,5,8-10,19H2,1H3;2-4,8-9,11-12,18H,5-7H2,1H3/t12-,13?,14?,17-,18+;11-,12+/m10/s1. The van der Waals surface area contributed by atoms with E-state index in [1.165, 1.54) is 34.5 Å². The Morgan fingerprint density at radius 2 is 1.91 bits per heavy atom. The number of ether oxygens (including phenoxy) is 1. The third-order valence-corrected chi connectivity index (χ3v) is 10.4. The molecule has 8 rings (SSSR count). The van der Waals surface area contributed by atoms with Gasteiger partial charge in [0.25, 0.3) is 0 Å². The van der Waals surface area contributed by atoms with E-state index >= 15 is 0 Å². The van der Waals surface area contributed by atoms with Crippen LogP contribution in [0.15, 0.2) is 60.8 Å². The number of hydrogen-bond acceptors (Lipinski definition) is 6. The molecule has 5 aliphatic rings. The van der Waals surface area contributed by atoms with Crippen LogP contribution in [0.1, 0.15) is 56.2 Å². The van der Waals surface area contributed by atoms with Gasteiger partial charge in [-0.15, -0.1) is 0 Å². The van der Waals surface area contributed by atoms with Gasteiger partial charge in [0.05, 0.1) is 17.9 Å². The number of amides is 1. The number of carbonyl (C=O) groups excluding carboxylic acids is 3. The SMILES string of the molecule is CC(=O)[C@@H]1C=C2c3cccc4[nH]cc(c34)C[C@H]2CC1.C[C@@]1(N)O[C@]2(O)C(C1=O)[C@@H](Cc1ccccc1)C(=O)N1CCCC12. The molecule has 7 atom stereocenters. The van der Waals surface area contributed by atoms with E-state index in [-0.39, 0.29) is 17.6 Å². The summed E-state index contributed by atoms with van der Waals surface area (Å²) in [5.41, 5.74) is 10.8. The second-order valence-corrected chi connectivity index (χ2v) is 13.1. The molecule has 3 saturated heterocycles. The van der Waals surface area contributed by atoms with Crippen molar-refractivity contribution in [2.75, 3.05) is 6.54 Å². The molecule has 43 heavy (non-hydrogen) atoms. The fourth-order valence-electron chi connectivity index (χ4n) is 8.32. The van der Waals surface area contributed by atoms with Gasteiger partial charge >= 0.3 is 0 Å². The Hall–Kier alpha value is -3.59. The summed E-state index contributed by atoms with van der Waals surface area (Å²) in [5.74, 6) is -2.69. The molecule has 8 nitrogen and oxygen atoms in total. The van der Waals surface area contributed by atoms with Gasteiger partial charge in [0.15, 0.2) is 17.3 Å². The fraction of sp³-hybridized carbons (Fsp3) is 0.457. The molecule has 1 amide bonds. The number of aliphatic hydroxyl groups is 1. The molecule has 0 radical (unpaired) electrons. The minimum atomic E-state index is -1.69. The van der Waals surface area contributed by atoms with Crippen LogP contribution >= 0.6 is 0 Å². The highest BCUT2D eigenvalue weighted by molar-refractivity contribution is 5.99. The Morgan fingerprint density at radius 1 is 1.12 bits per heavy atom. The van der Waals surface area contributed by atoms with Crippen LogP contribution < -0.4 is 5.73 Å². The highest BCUT2D eigenvalue weighted by atomic mass is 16.7. The molecule has 1 aromatic heterocycles. The predicted octanol–water partition coefficient (Wildman–Crippen LogP) is 4.15. The number of benzene rings is 2. The Bertz CT molecular complexity index is 1640. The number of piperidine rings is 1. The smallest absolute Gasteiger partial charge is 0.227 e. The van der Waals surface area contributed by atoms with E-state index in [1.54, 1.807) is 11.8 Å². The first-order valence-electron chi connectivity index (χ1n) is 15.5. The number of H-pyrrole nitrogens is 1. The molecule has 8 heteroatoms. The number of nitrogens with zero attached hydrogens (tertiary/aromatic N) is 1. The maximum atomic E-state index is 13.0. The zero-order valence-corrected chi connectivity index (χ0v) is 24.7. The zero-order valence-electron chi connectivity index (χ0n) is 24.7. The number of nitrogens with one attached hydrogen (secondary N) is 1. The molecule has 2 aliphatic carbocycles. The lowest BCUT2D eigenvalue weighted by molar-refractivity contribution is -0.276. The summed E-state index contributed by atoms with van der Waals surface area (Å²) in [4.78, 5) is 42.5. The molecule has 2 unspecified atom stereocenters. The topological polar surface area (TPSA) is 126 Å². The minimum absolute atomic E-state index is 0.0781. The van der Waals surface area contributed by atoms with Crippen molar-refractivity contribution in [2.45, 2.75) is 69.9 Å². The molecule has 224 valence electrons. The first kappa shape index (κ1) is 28.2. The number of ketones is 2. The Morgan fingerprint density at radius 3 is 2.67 bits per heavy atom. The largest absolute Gasteiger partial charge is 0.363 e. The van der Waals surface area contributed by atoms with Crippen molar-refractivity contribution in [3.8, 4) is 0 Å². The quantitative estimate of drug-likeness (QED) is 0.427. The average molecular weight is 582 g/mol. The van der Waals surface area contributed by atoms with Gasteiger partial charge in [0, 0.05) is 29.6 Å². The maximum absolute atomic E-state index is 13.0. The van der Waals surface area contributed by atoms with Crippen LogP contribution in [-0.4, -0.2) is 56.6 Å². The van der Waals surface area contributed by atoms with Gasteiger partial charge < -0.3 is 19.7 Å². The molecular formula is C35H39N3O5. The maximum Gasteiger partial charge on any atom is 0.227 e. The minimum Gasteiger partial charge on any atom is -0.363 e. The van der Waals surface area contributed by atoms with Crippen molar-refractivity contribution in [1.29, 1.82) is 0 Å². The van der Waals surface area contributed by atoms with Crippen LogP contribution in [0.2, 0.25) is 0 Å². The van der Waals surface area contributed by atoms with Crippen LogP contribution in [0.3, 0.4) is 0 Å². The summed E-state index contributed by atoms with van der Waals surface area (Å²) in [6.07, 6.45) is 9.47. The fourth-order valence-corrected chi connectivity index (χ4v) is 8.32. The number of Topliss-reactive ketones (excluding diaryl/α,β-unsaturated/α-hetero) is 2. The monoisotopic (exact) mass is 581 g/mol. The van der Waals surface area contributed by atoms with E-state index in [1.807, 2.05) is 30.3 Å². The lowest BCUT2D eigenvalue weighted by atomic mass is 9.72. The van der Waals surface area contributed by atoms with Crippen molar-refractivity contribution >= 4 is 33.9 Å². The lowest BCUT2D eigenvalue weighted by Gasteiger charge is -2.46. The van der Waals surface area contributed by atoms with Crippen molar-refractivity contribution in [3.63, 3.8) is 0 Å². The molecule has 3 aliphatic heterocycles. The third kappa shape index (κ3) is 4.50. The van der Waals surface area contributed by atoms with Crippen LogP contribution in [-0.2, 0) is 32.0 Å². The van der Waals surface area contributed by atoms with Gasteiger partial charge in [-0.2, -0.15) is 0 Å².